The van der Waals surface area contributed by atoms with Crippen LogP contribution in [0.3, 0.4) is 0 Å². The molecule has 0 amide bonds. The van der Waals surface area contributed by atoms with E-state index in [0.29, 0.717) is 0 Å². The summed E-state index contributed by atoms with van der Waals surface area (Å²) in [5.41, 5.74) is 8.30. The molecule has 0 N–H and O–H groups in total. The average molecular weight is 493 g/mol. The molecule has 0 unspecified atom stereocenters. The Bertz CT molecular complexity index is 943. The van der Waals surface area contributed by atoms with Crippen LogP contribution < -0.4 is 0 Å². The van der Waals surface area contributed by atoms with Crippen LogP contribution in [-0.4, -0.2) is 0 Å². The minimum absolute atomic E-state index is 0.0841. The second-order valence-corrected chi connectivity index (χ2v) is 11.7. The summed E-state index contributed by atoms with van der Waals surface area (Å²) >= 11 is 0. The minimum atomic E-state index is -10.7. The maximum absolute atomic E-state index is 10.7. The van der Waals surface area contributed by atoms with Gasteiger partial charge in [-0.2, -0.15) is 0 Å². The van der Waals surface area contributed by atoms with Gasteiger partial charge in [0.2, 0.25) is 0 Å². The van der Waals surface area contributed by atoms with E-state index in [2.05, 4.69) is 96.1 Å². The van der Waals surface area contributed by atoms with Crippen LogP contribution in [0.4, 0.5) is 25.2 Å². The summed E-state index contributed by atoms with van der Waals surface area (Å²) in [5, 5.41) is 0. The summed E-state index contributed by atoms with van der Waals surface area (Å²) in [7, 11) is -10.7. The van der Waals surface area contributed by atoms with E-state index in [1.807, 2.05) is 0 Å². The van der Waals surface area contributed by atoms with Crippen molar-refractivity contribution in [3.63, 3.8) is 0 Å². The first-order valence-corrected chi connectivity index (χ1v) is 13.1. The maximum atomic E-state index is 9.87. The zero-order valence-electron chi connectivity index (χ0n) is 18.8. The van der Waals surface area contributed by atoms with E-state index in [-0.39, 0.29) is 10.9 Å². The van der Waals surface area contributed by atoms with E-state index in [4.69, 9.17) is 0 Å². The van der Waals surface area contributed by atoms with Gasteiger partial charge in [-0.3, -0.25) is 0 Å². The molecule has 8 heteroatoms. The summed E-state index contributed by atoms with van der Waals surface area (Å²) in [6.07, 6.45) is 0. The normalized spacial score (nSPS) is 13.8. The molecular formula is C24H27F6PS. The first kappa shape index (κ1) is 26.3. The SMILES string of the molecule is Cc1cccc(C)c1[S+](c1c(C)cccc1C)c1c(C)cccc1C.F[P-](F)(F)(F)(F)F. The van der Waals surface area contributed by atoms with Gasteiger partial charge in [0.15, 0.2) is 14.7 Å². The van der Waals surface area contributed by atoms with Gasteiger partial charge in [-0.15, -0.1) is 0 Å². The van der Waals surface area contributed by atoms with Crippen molar-refractivity contribution in [2.45, 2.75) is 56.2 Å². The average Bonchev–Trinajstić information content (AvgIpc) is 2.58. The molecule has 0 radical (unpaired) electrons. The van der Waals surface area contributed by atoms with E-state index < -0.39 is 7.81 Å². The molecular weight excluding hydrogens is 465 g/mol. The van der Waals surface area contributed by atoms with Gasteiger partial charge >= 0.3 is 33.0 Å². The summed E-state index contributed by atoms with van der Waals surface area (Å²) in [6.45, 7) is 13.5. The number of benzene rings is 3. The second-order valence-electron chi connectivity index (χ2n) is 7.93. The Hall–Kier alpha value is -1.98. The van der Waals surface area contributed by atoms with Gasteiger partial charge in [0.25, 0.3) is 0 Å². The fourth-order valence-corrected chi connectivity index (χ4v) is 6.62. The van der Waals surface area contributed by atoms with Crippen LogP contribution in [0.5, 0.6) is 0 Å². The summed E-state index contributed by atoms with van der Waals surface area (Å²) in [5.74, 6) is 0. The third-order valence-electron chi connectivity index (χ3n) is 4.84. The fraction of sp³-hybridized carbons (Fsp3) is 0.250. The predicted octanol–water partition coefficient (Wildman–Crippen LogP) is 10.0. The number of halogens is 6. The number of hydrogen-bond acceptors (Lipinski definition) is 0. The van der Waals surface area contributed by atoms with E-state index in [1.165, 1.54) is 48.1 Å². The van der Waals surface area contributed by atoms with Crippen molar-refractivity contribution in [3.8, 4) is 0 Å². The van der Waals surface area contributed by atoms with Crippen molar-refractivity contribution in [2.24, 2.45) is 0 Å². The van der Waals surface area contributed by atoms with E-state index in [0.717, 1.165) is 0 Å². The Balaban J connectivity index is 0.000000451. The van der Waals surface area contributed by atoms with Gasteiger partial charge in [0.1, 0.15) is 10.9 Å². The first-order valence-electron chi connectivity index (χ1n) is 9.86. The molecule has 3 aromatic rings. The van der Waals surface area contributed by atoms with E-state index in [9.17, 15) is 25.2 Å². The second kappa shape index (κ2) is 8.42. The molecule has 0 aromatic heterocycles. The van der Waals surface area contributed by atoms with Crippen LogP contribution >= 0.6 is 7.81 Å². The molecule has 176 valence electrons. The van der Waals surface area contributed by atoms with Gasteiger partial charge in [0.05, 0.1) is 0 Å². The Morgan fingerprint density at radius 3 is 0.750 bits per heavy atom. The van der Waals surface area contributed by atoms with Crippen LogP contribution in [0.15, 0.2) is 69.3 Å². The Labute approximate surface area is 188 Å². The summed E-state index contributed by atoms with van der Waals surface area (Å²) in [4.78, 5) is 4.45. The van der Waals surface area contributed by atoms with Crippen molar-refractivity contribution in [3.05, 3.63) is 88.0 Å². The third-order valence-corrected chi connectivity index (χ3v) is 8.00. The molecule has 0 heterocycles. The molecule has 3 rings (SSSR count). The number of rotatable bonds is 3. The van der Waals surface area contributed by atoms with Crippen molar-refractivity contribution < 1.29 is 25.2 Å². The van der Waals surface area contributed by atoms with Crippen molar-refractivity contribution >= 4 is 18.7 Å². The van der Waals surface area contributed by atoms with Crippen LogP contribution in [0, 0.1) is 41.5 Å². The zero-order valence-corrected chi connectivity index (χ0v) is 20.5. The summed E-state index contributed by atoms with van der Waals surface area (Å²) < 4.78 is 59.2. The van der Waals surface area contributed by atoms with Crippen molar-refractivity contribution in [1.29, 1.82) is 0 Å². The van der Waals surface area contributed by atoms with Gasteiger partial charge in [0, 0.05) is 33.4 Å². The van der Waals surface area contributed by atoms with Gasteiger partial charge < -0.3 is 0 Å². The molecule has 0 aliphatic rings. The molecule has 0 aliphatic heterocycles. The molecule has 0 atom stereocenters. The predicted molar refractivity (Wildman–Crippen MR) is 123 cm³/mol. The van der Waals surface area contributed by atoms with Crippen LogP contribution in [-0.2, 0) is 10.9 Å². The Morgan fingerprint density at radius 2 is 0.594 bits per heavy atom. The van der Waals surface area contributed by atoms with Crippen LogP contribution in [0.2, 0.25) is 0 Å². The van der Waals surface area contributed by atoms with E-state index >= 15 is 0 Å². The third kappa shape index (κ3) is 7.56. The quantitative estimate of drug-likeness (QED) is 0.194. The monoisotopic (exact) mass is 492 g/mol. The van der Waals surface area contributed by atoms with Gasteiger partial charge in [-0.25, -0.2) is 0 Å². The van der Waals surface area contributed by atoms with Gasteiger partial charge in [-0.05, 0) is 41.5 Å². The number of hydrogen-bond donors (Lipinski definition) is 0. The molecule has 32 heavy (non-hydrogen) atoms. The molecule has 0 fully saturated rings. The van der Waals surface area contributed by atoms with Gasteiger partial charge in [-0.1, -0.05) is 54.6 Å². The molecule has 0 saturated carbocycles. The van der Waals surface area contributed by atoms with Crippen molar-refractivity contribution in [1.82, 2.24) is 0 Å². The number of aryl methyl sites for hydroxylation is 6. The van der Waals surface area contributed by atoms with E-state index in [1.54, 1.807) is 0 Å². The van der Waals surface area contributed by atoms with Crippen molar-refractivity contribution in [2.75, 3.05) is 0 Å². The first-order chi connectivity index (χ1) is 14.4. The Kier molecular flexibility index (Phi) is 6.91. The molecule has 0 aliphatic carbocycles. The zero-order chi connectivity index (χ0) is 24.5. The molecule has 0 spiro atoms. The molecule has 0 nitrogen and oxygen atoms in total. The topological polar surface area (TPSA) is 0 Å². The van der Waals surface area contributed by atoms with Crippen LogP contribution in [0.25, 0.3) is 0 Å². The molecule has 0 bridgehead atoms. The van der Waals surface area contributed by atoms with Crippen LogP contribution in [0.1, 0.15) is 33.4 Å². The molecule has 0 saturated heterocycles. The Morgan fingerprint density at radius 1 is 0.438 bits per heavy atom. The summed E-state index contributed by atoms with van der Waals surface area (Å²) in [6, 6.07) is 20.0. The fourth-order valence-electron chi connectivity index (χ4n) is 3.67. The molecule has 3 aromatic carbocycles. The standard InChI is InChI=1S/C24H27S.F6P/c1-16-10-7-11-17(2)22(16)25(23-18(3)12-8-13-19(23)4)24-20(5)14-9-15-21(24)6;1-7(2,3,4,5)6/h7-15H,1-6H3;/q+1;-1.